The van der Waals surface area contributed by atoms with Crippen LogP contribution in [0.25, 0.3) is 23.1 Å². The lowest BCUT2D eigenvalue weighted by atomic mass is 10.2. The molecule has 0 bridgehead atoms. The molecule has 0 fully saturated rings. The molecule has 0 saturated heterocycles. The van der Waals surface area contributed by atoms with E-state index in [0.717, 1.165) is 5.69 Å². The molecule has 0 aliphatic carbocycles. The van der Waals surface area contributed by atoms with Crippen molar-refractivity contribution in [1.82, 2.24) is 4.98 Å². The minimum absolute atomic E-state index is 1.15. The van der Waals surface area contributed by atoms with Gasteiger partial charge in [-0.15, -0.1) is 11.3 Å². The van der Waals surface area contributed by atoms with Gasteiger partial charge in [0.1, 0.15) is 0 Å². The Morgan fingerprint density at radius 3 is 2.75 bits per heavy atom. The van der Waals surface area contributed by atoms with Gasteiger partial charge in [-0.3, -0.25) is 0 Å². The van der Waals surface area contributed by atoms with E-state index >= 15 is 0 Å². The maximum absolute atomic E-state index is 3.38. The fourth-order valence-electron chi connectivity index (χ4n) is 1.74. The van der Waals surface area contributed by atoms with Gasteiger partial charge in [-0.2, -0.15) is 0 Å². The highest BCUT2D eigenvalue weighted by Gasteiger charge is 1.96. The summed E-state index contributed by atoms with van der Waals surface area (Å²) in [6, 6.07) is 14.7. The molecule has 2 aromatic heterocycles. The Kier molecular flexibility index (Phi) is 2.35. The van der Waals surface area contributed by atoms with Crippen LogP contribution in [0.5, 0.6) is 0 Å². The molecule has 0 amide bonds. The van der Waals surface area contributed by atoms with Crippen molar-refractivity contribution in [2.75, 3.05) is 0 Å². The predicted octanol–water partition coefficient (Wildman–Crippen LogP) is 4.40. The monoisotopic (exact) mass is 225 g/mol. The van der Waals surface area contributed by atoms with Gasteiger partial charge in [0.2, 0.25) is 0 Å². The first kappa shape index (κ1) is 9.43. The number of benzene rings is 1. The number of hydrogen-bond donors (Lipinski definition) is 1. The van der Waals surface area contributed by atoms with Gasteiger partial charge in [-0.05, 0) is 41.1 Å². The van der Waals surface area contributed by atoms with Crippen molar-refractivity contribution in [1.29, 1.82) is 0 Å². The van der Waals surface area contributed by atoms with Gasteiger partial charge in [-0.1, -0.05) is 24.3 Å². The van der Waals surface area contributed by atoms with Crippen LogP contribution < -0.4 is 0 Å². The maximum atomic E-state index is 3.38. The molecule has 0 atom stereocenters. The standard InChI is InChI=1S/C14H11NS/c1-2-6-14-11(4-1)10-12(15-14)7-8-13-5-3-9-16-13/h1-10,15H. The molecular weight excluding hydrogens is 214 g/mol. The molecule has 0 aliphatic heterocycles. The summed E-state index contributed by atoms with van der Waals surface area (Å²) in [7, 11) is 0. The SMILES string of the molecule is C(=Cc1cccs1)c1cc2ccccc2[nH]1. The third-order valence-corrected chi connectivity index (χ3v) is 3.36. The van der Waals surface area contributed by atoms with E-state index in [1.807, 2.05) is 6.07 Å². The number of aromatic amines is 1. The number of thiophene rings is 1. The quantitative estimate of drug-likeness (QED) is 0.665. The fraction of sp³-hybridized carbons (Fsp3) is 0. The largest absolute Gasteiger partial charge is 0.355 e. The Hall–Kier alpha value is -1.80. The molecule has 78 valence electrons. The lowest BCUT2D eigenvalue weighted by Crippen LogP contribution is -1.68. The summed E-state index contributed by atoms with van der Waals surface area (Å²) in [6.45, 7) is 0. The second-order valence-electron chi connectivity index (χ2n) is 3.66. The average Bonchev–Trinajstić information content (AvgIpc) is 2.95. The van der Waals surface area contributed by atoms with Crippen molar-refractivity contribution < 1.29 is 0 Å². The Labute approximate surface area is 98.1 Å². The molecule has 0 unspecified atom stereocenters. The topological polar surface area (TPSA) is 15.8 Å². The first-order chi connectivity index (χ1) is 7.92. The third-order valence-electron chi connectivity index (χ3n) is 2.52. The number of hydrogen-bond acceptors (Lipinski definition) is 1. The van der Waals surface area contributed by atoms with Crippen LogP contribution in [0.2, 0.25) is 0 Å². The first-order valence-electron chi connectivity index (χ1n) is 5.21. The molecule has 0 spiro atoms. The van der Waals surface area contributed by atoms with Crippen molar-refractivity contribution in [3.8, 4) is 0 Å². The molecular formula is C14H11NS. The normalized spacial score (nSPS) is 11.5. The van der Waals surface area contributed by atoms with Crippen LogP contribution in [0, 0.1) is 0 Å². The Bertz CT molecular complexity index is 584. The molecule has 2 heteroatoms. The van der Waals surface area contributed by atoms with Gasteiger partial charge < -0.3 is 4.98 Å². The molecule has 3 rings (SSSR count). The minimum atomic E-state index is 1.15. The predicted molar refractivity (Wildman–Crippen MR) is 71.5 cm³/mol. The summed E-state index contributed by atoms with van der Waals surface area (Å²) in [4.78, 5) is 4.65. The summed E-state index contributed by atoms with van der Waals surface area (Å²) in [5.41, 5.74) is 2.34. The van der Waals surface area contributed by atoms with Crippen LogP contribution in [0.4, 0.5) is 0 Å². The van der Waals surface area contributed by atoms with E-state index in [1.54, 1.807) is 11.3 Å². The van der Waals surface area contributed by atoms with Crippen molar-refractivity contribution in [3.63, 3.8) is 0 Å². The zero-order chi connectivity index (χ0) is 10.8. The number of rotatable bonds is 2. The third kappa shape index (κ3) is 1.79. The number of fused-ring (bicyclic) bond motifs is 1. The van der Waals surface area contributed by atoms with Gasteiger partial charge in [0.05, 0.1) is 0 Å². The average molecular weight is 225 g/mol. The van der Waals surface area contributed by atoms with Gasteiger partial charge in [0, 0.05) is 16.1 Å². The Morgan fingerprint density at radius 1 is 1.00 bits per heavy atom. The van der Waals surface area contributed by atoms with E-state index in [9.17, 15) is 0 Å². The summed E-state index contributed by atoms with van der Waals surface area (Å²) in [5, 5.41) is 3.35. The van der Waals surface area contributed by atoms with Gasteiger partial charge in [-0.25, -0.2) is 0 Å². The highest BCUT2D eigenvalue weighted by Crippen LogP contribution is 2.17. The van der Waals surface area contributed by atoms with Crippen molar-refractivity contribution in [2.45, 2.75) is 0 Å². The number of nitrogens with one attached hydrogen (secondary N) is 1. The van der Waals surface area contributed by atoms with Crippen molar-refractivity contribution in [3.05, 3.63) is 58.4 Å². The van der Waals surface area contributed by atoms with Crippen LogP contribution in [0.3, 0.4) is 0 Å². The van der Waals surface area contributed by atoms with Crippen LogP contribution in [0.1, 0.15) is 10.6 Å². The van der Waals surface area contributed by atoms with Crippen molar-refractivity contribution in [2.24, 2.45) is 0 Å². The van der Waals surface area contributed by atoms with Crippen LogP contribution in [0.15, 0.2) is 47.8 Å². The van der Waals surface area contributed by atoms with Crippen LogP contribution >= 0.6 is 11.3 Å². The summed E-state index contributed by atoms with van der Waals surface area (Å²) in [5.74, 6) is 0. The maximum Gasteiger partial charge on any atom is 0.0458 e. The summed E-state index contributed by atoms with van der Waals surface area (Å²) in [6.07, 6.45) is 4.25. The number of H-pyrrole nitrogens is 1. The van der Waals surface area contributed by atoms with Crippen molar-refractivity contribution >= 4 is 34.4 Å². The fourth-order valence-corrected chi connectivity index (χ4v) is 2.36. The molecule has 16 heavy (non-hydrogen) atoms. The summed E-state index contributed by atoms with van der Waals surface area (Å²) >= 11 is 1.75. The highest BCUT2D eigenvalue weighted by molar-refractivity contribution is 7.10. The molecule has 1 N–H and O–H groups in total. The lowest BCUT2D eigenvalue weighted by molar-refractivity contribution is 1.43. The number of para-hydroxylation sites is 1. The van der Waals surface area contributed by atoms with E-state index in [2.05, 4.69) is 58.9 Å². The Balaban J connectivity index is 1.95. The smallest absolute Gasteiger partial charge is 0.0458 e. The number of aromatic nitrogens is 1. The summed E-state index contributed by atoms with van der Waals surface area (Å²) < 4.78 is 0. The zero-order valence-corrected chi connectivity index (χ0v) is 9.50. The molecule has 1 nitrogen and oxygen atoms in total. The lowest BCUT2D eigenvalue weighted by Gasteiger charge is -1.85. The van der Waals surface area contributed by atoms with E-state index < -0.39 is 0 Å². The molecule has 1 aromatic carbocycles. The van der Waals surface area contributed by atoms with Gasteiger partial charge >= 0.3 is 0 Å². The molecule has 2 heterocycles. The molecule has 0 saturated carbocycles. The van der Waals surface area contributed by atoms with Crippen LogP contribution in [-0.4, -0.2) is 4.98 Å². The Morgan fingerprint density at radius 2 is 1.94 bits per heavy atom. The zero-order valence-electron chi connectivity index (χ0n) is 8.68. The first-order valence-corrected chi connectivity index (χ1v) is 6.09. The van der Waals surface area contributed by atoms with Gasteiger partial charge in [0.25, 0.3) is 0 Å². The molecule has 0 aliphatic rings. The minimum Gasteiger partial charge on any atom is -0.355 e. The van der Waals surface area contributed by atoms with E-state index in [-0.39, 0.29) is 0 Å². The molecule has 0 radical (unpaired) electrons. The van der Waals surface area contributed by atoms with E-state index in [4.69, 9.17) is 0 Å². The van der Waals surface area contributed by atoms with Crippen LogP contribution in [-0.2, 0) is 0 Å². The second-order valence-corrected chi connectivity index (χ2v) is 4.64. The second kappa shape index (κ2) is 3.99. The van der Waals surface area contributed by atoms with E-state index in [0.29, 0.717) is 0 Å². The molecule has 3 aromatic rings. The van der Waals surface area contributed by atoms with E-state index in [1.165, 1.54) is 15.8 Å². The highest BCUT2D eigenvalue weighted by atomic mass is 32.1. The van der Waals surface area contributed by atoms with Gasteiger partial charge in [0.15, 0.2) is 0 Å².